The molecule has 0 saturated carbocycles. The summed E-state index contributed by atoms with van der Waals surface area (Å²) in [5.74, 6) is 0.912. The van der Waals surface area contributed by atoms with E-state index in [1.807, 2.05) is 54.6 Å². The van der Waals surface area contributed by atoms with Gasteiger partial charge in [0.05, 0.1) is 5.69 Å². The van der Waals surface area contributed by atoms with Crippen LogP contribution >= 0.6 is 0 Å². The molecule has 138 valence electrons. The van der Waals surface area contributed by atoms with E-state index in [9.17, 15) is 4.39 Å². The maximum atomic E-state index is 14.4. The summed E-state index contributed by atoms with van der Waals surface area (Å²) >= 11 is 0. The molecular weight excluding hydrogens is 349 g/mol. The minimum Gasteiger partial charge on any atom is -0.363 e. The minimum atomic E-state index is -0.303. The van der Waals surface area contributed by atoms with E-state index in [4.69, 9.17) is 0 Å². The van der Waals surface area contributed by atoms with Crippen molar-refractivity contribution in [3.63, 3.8) is 0 Å². The molecule has 4 aromatic rings. The fourth-order valence-electron chi connectivity index (χ4n) is 3.09. The van der Waals surface area contributed by atoms with E-state index in [2.05, 4.69) is 34.3 Å². The van der Waals surface area contributed by atoms with Crippen LogP contribution in [0.3, 0.4) is 0 Å². The minimum absolute atomic E-state index is 0.0493. The molecule has 1 atom stereocenters. The lowest BCUT2D eigenvalue weighted by atomic mass is 10.1. The van der Waals surface area contributed by atoms with Gasteiger partial charge in [0.25, 0.3) is 0 Å². The highest BCUT2D eigenvalue weighted by molar-refractivity contribution is 5.68. The predicted molar refractivity (Wildman–Crippen MR) is 111 cm³/mol. The number of aromatic nitrogens is 2. The molecule has 1 N–H and O–H groups in total. The van der Waals surface area contributed by atoms with Gasteiger partial charge < -0.3 is 5.32 Å². The summed E-state index contributed by atoms with van der Waals surface area (Å²) in [6.45, 7) is 2.07. The molecule has 1 unspecified atom stereocenters. The molecule has 3 aromatic carbocycles. The number of halogens is 1. The first kappa shape index (κ1) is 17.9. The van der Waals surface area contributed by atoms with Crippen LogP contribution in [0.25, 0.3) is 22.6 Å². The quantitative estimate of drug-likeness (QED) is 0.460. The summed E-state index contributed by atoms with van der Waals surface area (Å²) in [4.78, 5) is 9.30. The maximum Gasteiger partial charge on any atom is 0.162 e. The average molecular weight is 369 g/mol. The normalized spacial score (nSPS) is 11.8. The summed E-state index contributed by atoms with van der Waals surface area (Å²) in [5, 5.41) is 3.42. The molecule has 0 radical (unpaired) electrons. The Morgan fingerprint density at radius 1 is 0.786 bits per heavy atom. The van der Waals surface area contributed by atoms with Crippen molar-refractivity contribution in [2.45, 2.75) is 13.0 Å². The van der Waals surface area contributed by atoms with Gasteiger partial charge in [-0.3, -0.25) is 0 Å². The zero-order valence-corrected chi connectivity index (χ0v) is 15.5. The standard InChI is InChI=1S/C24H20FN3/c1-17(18-10-4-2-5-11-18)26-23-16-22(20-14-8-9-15-21(20)25)27-24(28-23)19-12-6-3-7-13-19/h2-17H,1H3,(H,26,27,28). The molecule has 1 aromatic heterocycles. The van der Waals surface area contributed by atoms with E-state index in [1.165, 1.54) is 6.07 Å². The molecule has 0 amide bonds. The van der Waals surface area contributed by atoms with Gasteiger partial charge in [0.15, 0.2) is 5.82 Å². The molecule has 0 aliphatic heterocycles. The molecule has 0 saturated heterocycles. The van der Waals surface area contributed by atoms with Gasteiger partial charge in [-0.15, -0.1) is 0 Å². The molecule has 1 heterocycles. The van der Waals surface area contributed by atoms with Crippen LogP contribution < -0.4 is 5.32 Å². The summed E-state index contributed by atoms with van der Waals surface area (Å²) in [6, 6.07) is 28.4. The molecule has 0 aliphatic carbocycles. The van der Waals surface area contributed by atoms with Crippen LogP contribution in [-0.2, 0) is 0 Å². The molecule has 0 fully saturated rings. The van der Waals surface area contributed by atoms with Crippen molar-refractivity contribution in [3.8, 4) is 22.6 Å². The van der Waals surface area contributed by atoms with Gasteiger partial charge in [0.1, 0.15) is 11.6 Å². The summed E-state index contributed by atoms with van der Waals surface area (Å²) in [7, 11) is 0. The van der Waals surface area contributed by atoms with Crippen LogP contribution in [0.15, 0.2) is 91.0 Å². The lowest BCUT2D eigenvalue weighted by molar-refractivity contribution is 0.630. The second-order valence-corrected chi connectivity index (χ2v) is 6.58. The van der Waals surface area contributed by atoms with E-state index in [-0.39, 0.29) is 11.9 Å². The van der Waals surface area contributed by atoms with Crippen molar-refractivity contribution < 1.29 is 4.39 Å². The van der Waals surface area contributed by atoms with Gasteiger partial charge in [-0.05, 0) is 24.6 Å². The number of rotatable bonds is 5. The van der Waals surface area contributed by atoms with E-state index in [1.54, 1.807) is 18.2 Å². The van der Waals surface area contributed by atoms with Crippen molar-refractivity contribution >= 4 is 5.82 Å². The zero-order chi connectivity index (χ0) is 19.3. The van der Waals surface area contributed by atoms with Crippen LogP contribution in [0.4, 0.5) is 10.2 Å². The summed E-state index contributed by atoms with van der Waals surface area (Å²) in [5.41, 5.74) is 3.04. The van der Waals surface area contributed by atoms with Crippen LogP contribution in [-0.4, -0.2) is 9.97 Å². The Balaban J connectivity index is 1.77. The first-order valence-corrected chi connectivity index (χ1v) is 9.21. The molecular formula is C24H20FN3. The maximum absolute atomic E-state index is 14.4. The van der Waals surface area contributed by atoms with Crippen LogP contribution in [0.1, 0.15) is 18.5 Å². The Morgan fingerprint density at radius 3 is 2.14 bits per heavy atom. The third-order valence-electron chi connectivity index (χ3n) is 4.57. The van der Waals surface area contributed by atoms with Gasteiger partial charge in [-0.25, -0.2) is 14.4 Å². The zero-order valence-electron chi connectivity index (χ0n) is 15.5. The lowest BCUT2D eigenvalue weighted by Crippen LogP contribution is -2.09. The monoisotopic (exact) mass is 369 g/mol. The Labute approximate surface area is 163 Å². The van der Waals surface area contributed by atoms with E-state index in [0.717, 1.165) is 11.1 Å². The Morgan fingerprint density at radius 2 is 1.43 bits per heavy atom. The van der Waals surface area contributed by atoms with Gasteiger partial charge >= 0.3 is 0 Å². The number of benzene rings is 3. The van der Waals surface area contributed by atoms with Crippen molar-refractivity contribution in [2.24, 2.45) is 0 Å². The van der Waals surface area contributed by atoms with Gasteiger partial charge in [0, 0.05) is 23.2 Å². The molecule has 28 heavy (non-hydrogen) atoms. The second kappa shape index (κ2) is 8.01. The second-order valence-electron chi connectivity index (χ2n) is 6.58. The Hall–Kier alpha value is -3.53. The van der Waals surface area contributed by atoms with Gasteiger partial charge in [-0.2, -0.15) is 0 Å². The first-order valence-electron chi connectivity index (χ1n) is 9.21. The highest BCUT2D eigenvalue weighted by Crippen LogP contribution is 2.28. The van der Waals surface area contributed by atoms with E-state index in [0.29, 0.717) is 22.9 Å². The molecule has 4 heteroatoms. The number of hydrogen-bond acceptors (Lipinski definition) is 3. The third kappa shape index (κ3) is 3.91. The fraction of sp³-hybridized carbons (Fsp3) is 0.0833. The highest BCUT2D eigenvalue weighted by atomic mass is 19.1. The van der Waals surface area contributed by atoms with Crippen LogP contribution in [0, 0.1) is 5.82 Å². The SMILES string of the molecule is CC(Nc1cc(-c2ccccc2F)nc(-c2ccccc2)n1)c1ccccc1. The largest absolute Gasteiger partial charge is 0.363 e. The fourth-order valence-corrected chi connectivity index (χ4v) is 3.09. The average Bonchev–Trinajstić information content (AvgIpc) is 2.75. The van der Waals surface area contributed by atoms with Gasteiger partial charge in [0.2, 0.25) is 0 Å². The van der Waals surface area contributed by atoms with Crippen molar-refractivity contribution in [3.05, 3.63) is 102 Å². The van der Waals surface area contributed by atoms with E-state index < -0.39 is 0 Å². The van der Waals surface area contributed by atoms with Crippen molar-refractivity contribution in [1.29, 1.82) is 0 Å². The third-order valence-corrected chi connectivity index (χ3v) is 4.57. The highest BCUT2D eigenvalue weighted by Gasteiger charge is 2.13. The molecule has 0 spiro atoms. The smallest absolute Gasteiger partial charge is 0.162 e. The van der Waals surface area contributed by atoms with Crippen LogP contribution in [0.2, 0.25) is 0 Å². The van der Waals surface area contributed by atoms with Crippen molar-refractivity contribution in [1.82, 2.24) is 9.97 Å². The number of nitrogens with zero attached hydrogens (tertiary/aromatic N) is 2. The van der Waals surface area contributed by atoms with E-state index >= 15 is 0 Å². The molecule has 3 nitrogen and oxygen atoms in total. The number of anilines is 1. The van der Waals surface area contributed by atoms with Crippen molar-refractivity contribution in [2.75, 3.05) is 5.32 Å². The lowest BCUT2D eigenvalue weighted by Gasteiger charge is -2.16. The topological polar surface area (TPSA) is 37.8 Å². The predicted octanol–water partition coefficient (Wildman–Crippen LogP) is 6.12. The number of nitrogens with one attached hydrogen (secondary N) is 1. The summed E-state index contributed by atoms with van der Waals surface area (Å²) in [6.07, 6.45) is 0. The van der Waals surface area contributed by atoms with Crippen LogP contribution in [0.5, 0.6) is 0 Å². The Bertz CT molecular complexity index is 1070. The first-order chi connectivity index (χ1) is 13.7. The summed E-state index contributed by atoms with van der Waals surface area (Å²) < 4.78 is 14.4. The molecule has 4 rings (SSSR count). The Kier molecular flexibility index (Phi) is 5.11. The number of hydrogen-bond donors (Lipinski definition) is 1. The van der Waals surface area contributed by atoms with Gasteiger partial charge in [-0.1, -0.05) is 72.8 Å². The molecule has 0 aliphatic rings. The molecule has 0 bridgehead atoms.